The van der Waals surface area contributed by atoms with Crippen LogP contribution in [0.25, 0.3) is 11.1 Å². The molecule has 2 heterocycles. The second-order valence-electron chi connectivity index (χ2n) is 10.8. The maximum absolute atomic E-state index is 13.9. The highest BCUT2D eigenvalue weighted by Gasteiger charge is 2.41. The SMILES string of the molecule is Cc1ccccc1-c1cc(N2CCOC[C@H]2CO)ncc1N(C)C(=O)C(C)(C)c1cc(C(F)(F)F)cc(C(F)(F)F)c1. The van der Waals surface area contributed by atoms with Crippen molar-refractivity contribution in [2.24, 2.45) is 0 Å². The summed E-state index contributed by atoms with van der Waals surface area (Å²) >= 11 is 0. The number of aromatic nitrogens is 1. The molecule has 0 radical (unpaired) electrons. The molecule has 0 unspecified atom stereocenters. The Morgan fingerprint density at radius 2 is 1.60 bits per heavy atom. The van der Waals surface area contributed by atoms with E-state index in [-0.39, 0.29) is 18.7 Å². The van der Waals surface area contributed by atoms with Crippen molar-refractivity contribution >= 4 is 17.4 Å². The molecule has 226 valence electrons. The molecule has 0 aliphatic carbocycles. The summed E-state index contributed by atoms with van der Waals surface area (Å²) in [4.78, 5) is 21.5. The molecule has 2 aromatic carbocycles. The van der Waals surface area contributed by atoms with Gasteiger partial charge in [0.15, 0.2) is 0 Å². The van der Waals surface area contributed by atoms with Crippen LogP contribution in [0.4, 0.5) is 37.8 Å². The molecular formula is C30H31F6N3O3. The van der Waals surface area contributed by atoms with Crippen LogP contribution in [0.1, 0.15) is 36.1 Å². The van der Waals surface area contributed by atoms with Crippen LogP contribution in [0, 0.1) is 6.92 Å². The Hall–Kier alpha value is -3.64. The topological polar surface area (TPSA) is 65.9 Å². The number of anilines is 2. The molecule has 0 spiro atoms. The van der Waals surface area contributed by atoms with Gasteiger partial charge >= 0.3 is 12.4 Å². The quantitative estimate of drug-likeness (QED) is 0.342. The summed E-state index contributed by atoms with van der Waals surface area (Å²) in [7, 11) is 1.41. The standard InChI is InChI=1S/C30H31F6N3O3/c1-18-7-5-6-8-23(18)24-14-26(39-9-10-42-17-22(39)16-40)37-15-25(24)38(4)27(41)28(2,3)19-11-20(29(31,32)33)13-21(12-19)30(34,35)36/h5-8,11-15,22,40H,9-10,16-17H2,1-4H3/t22-/m1/s1. The predicted molar refractivity (Wildman–Crippen MR) is 146 cm³/mol. The molecule has 0 bridgehead atoms. The normalized spacial score (nSPS) is 16.5. The third kappa shape index (κ3) is 6.24. The number of carbonyl (C=O) groups excluding carboxylic acids is 1. The number of aliphatic hydroxyl groups excluding tert-OH is 1. The summed E-state index contributed by atoms with van der Waals surface area (Å²) in [6, 6.07) is 9.98. The number of carbonyl (C=O) groups is 1. The Morgan fingerprint density at radius 1 is 1.00 bits per heavy atom. The van der Waals surface area contributed by atoms with E-state index in [1.165, 1.54) is 32.0 Å². The van der Waals surface area contributed by atoms with Crippen LogP contribution < -0.4 is 9.80 Å². The number of nitrogens with zero attached hydrogens (tertiary/aromatic N) is 3. The summed E-state index contributed by atoms with van der Waals surface area (Å²) in [5.41, 5.74) is -2.70. The first-order valence-electron chi connectivity index (χ1n) is 13.1. The van der Waals surface area contributed by atoms with Gasteiger partial charge in [0.2, 0.25) is 5.91 Å². The monoisotopic (exact) mass is 595 g/mol. The molecule has 0 saturated carbocycles. The van der Waals surface area contributed by atoms with E-state index in [1.807, 2.05) is 36.1 Å². The second-order valence-corrected chi connectivity index (χ2v) is 10.8. The molecule has 42 heavy (non-hydrogen) atoms. The molecule has 4 rings (SSSR count). The number of amides is 1. The summed E-state index contributed by atoms with van der Waals surface area (Å²) in [5, 5.41) is 9.86. The Balaban J connectivity index is 1.82. The van der Waals surface area contributed by atoms with E-state index in [0.717, 1.165) is 11.1 Å². The Kier molecular flexibility index (Phi) is 8.62. The zero-order valence-corrected chi connectivity index (χ0v) is 23.5. The minimum atomic E-state index is -5.05. The van der Waals surface area contributed by atoms with Crippen molar-refractivity contribution in [2.75, 3.05) is 43.2 Å². The van der Waals surface area contributed by atoms with E-state index in [1.54, 1.807) is 6.07 Å². The van der Waals surface area contributed by atoms with Crippen molar-refractivity contribution in [3.8, 4) is 11.1 Å². The van der Waals surface area contributed by atoms with E-state index >= 15 is 0 Å². The first-order valence-corrected chi connectivity index (χ1v) is 13.1. The number of alkyl halides is 6. The number of hydrogen-bond acceptors (Lipinski definition) is 5. The third-order valence-corrected chi connectivity index (χ3v) is 7.55. The fourth-order valence-corrected chi connectivity index (χ4v) is 5.03. The van der Waals surface area contributed by atoms with Gasteiger partial charge in [0.25, 0.3) is 0 Å². The van der Waals surface area contributed by atoms with Gasteiger partial charge in [-0.1, -0.05) is 24.3 Å². The summed E-state index contributed by atoms with van der Waals surface area (Å²) < 4.78 is 86.9. The van der Waals surface area contributed by atoms with Crippen molar-refractivity contribution in [1.29, 1.82) is 0 Å². The van der Waals surface area contributed by atoms with Crippen LogP contribution >= 0.6 is 0 Å². The molecular weight excluding hydrogens is 564 g/mol. The maximum atomic E-state index is 13.9. The molecule has 1 fully saturated rings. The highest BCUT2D eigenvalue weighted by Crippen LogP contribution is 2.41. The molecule has 1 aromatic heterocycles. The lowest BCUT2D eigenvalue weighted by Crippen LogP contribution is -2.48. The zero-order chi connectivity index (χ0) is 31.0. The number of ether oxygens (including phenoxy) is 1. The zero-order valence-electron chi connectivity index (χ0n) is 23.5. The maximum Gasteiger partial charge on any atom is 0.416 e. The van der Waals surface area contributed by atoms with Crippen LogP contribution in [0.2, 0.25) is 0 Å². The summed E-state index contributed by atoms with van der Waals surface area (Å²) in [6.45, 7) is 5.45. The molecule has 1 aliphatic rings. The van der Waals surface area contributed by atoms with Gasteiger partial charge in [-0.15, -0.1) is 0 Å². The van der Waals surface area contributed by atoms with Gasteiger partial charge in [0.1, 0.15) is 5.82 Å². The van der Waals surface area contributed by atoms with Gasteiger partial charge < -0.3 is 19.6 Å². The molecule has 1 N–H and O–H groups in total. The number of aliphatic hydroxyl groups is 1. The highest BCUT2D eigenvalue weighted by atomic mass is 19.4. The smallest absolute Gasteiger partial charge is 0.394 e. The minimum absolute atomic E-state index is 0.0397. The average molecular weight is 596 g/mol. The second kappa shape index (κ2) is 11.6. The largest absolute Gasteiger partial charge is 0.416 e. The average Bonchev–Trinajstić information content (AvgIpc) is 2.95. The lowest BCUT2D eigenvalue weighted by molar-refractivity contribution is -0.143. The molecule has 1 amide bonds. The number of benzene rings is 2. The van der Waals surface area contributed by atoms with E-state index in [4.69, 9.17) is 4.74 Å². The lowest BCUT2D eigenvalue weighted by atomic mass is 9.81. The number of pyridine rings is 1. The number of likely N-dealkylation sites (N-methyl/N-ethyl adjacent to an activating group) is 1. The van der Waals surface area contributed by atoms with Gasteiger partial charge in [-0.2, -0.15) is 26.3 Å². The van der Waals surface area contributed by atoms with Crippen LogP contribution in [-0.2, 0) is 27.3 Å². The van der Waals surface area contributed by atoms with E-state index in [9.17, 15) is 36.2 Å². The molecule has 6 nitrogen and oxygen atoms in total. The fourth-order valence-electron chi connectivity index (χ4n) is 5.03. The van der Waals surface area contributed by atoms with Crippen LogP contribution in [0.5, 0.6) is 0 Å². The number of halogens is 6. The Bertz CT molecular complexity index is 1420. The van der Waals surface area contributed by atoms with Crippen LogP contribution in [0.15, 0.2) is 54.7 Å². The lowest BCUT2D eigenvalue weighted by Gasteiger charge is -2.36. The van der Waals surface area contributed by atoms with Crippen molar-refractivity contribution in [3.63, 3.8) is 0 Å². The van der Waals surface area contributed by atoms with Gasteiger partial charge in [-0.25, -0.2) is 4.98 Å². The Labute approximate surface area is 239 Å². The molecule has 12 heteroatoms. The van der Waals surface area contributed by atoms with Gasteiger partial charge in [-0.3, -0.25) is 4.79 Å². The molecule has 3 aromatic rings. The highest BCUT2D eigenvalue weighted by molar-refractivity contribution is 6.03. The van der Waals surface area contributed by atoms with E-state index < -0.39 is 40.4 Å². The van der Waals surface area contributed by atoms with Gasteiger partial charge in [0, 0.05) is 19.2 Å². The number of rotatable bonds is 6. The number of hydrogen-bond donors (Lipinski definition) is 1. The minimum Gasteiger partial charge on any atom is -0.394 e. The summed E-state index contributed by atoms with van der Waals surface area (Å²) in [5.74, 6) is -0.217. The first-order chi connectivity index (χ1) is 19.6. The van der Waals surface area contributed by atoms with Crippen molar-refractivity contribution in [2.45, 2.75) is 44.6 Å². The fraction of sp³-hybridized carbons (Fsp3) is 0.400. The van der Waals surface area contributed by atoms with E-state index in [0.29, 0.717) is 49.0 Å². The molecule has 1 atom stereocenters. The third-order valence-electron chi connectivity index (χ3n) is 7.55. The van der Waals surface area contributed by atoms with E-state index in [2.05, 4.69) is 4.98 Å². The van der Waals surface area contributed by atoms with Crippen LogP contribution in [-0.4, -0.2) is 55.5 Å². The molecule has 1 aliphatic heterocycles. The Morgan fingerprint density at radius 3 is 2.17 bits per heavy atom. The summed E-state index contributed by atoms with van der Waals surface area (Å²) in [6.07, 6.45) is -8.66. The van der Waals surface area contributed by atoms with Gasteiger partial charge in [-0.05, 0) is 61.7 Å². The first kappa shape index (κ1) is 31.3. The molecule has 1 saturated heterocycles. The predicted octanol–water partition coefficient (Wildman–Crippen LogP) is 6.23. The van der Waals surface area contributed by atoms with Crippen molar-refractivity contribution in [3.05, 3.63) is 77.0 Å². The van der Waals surface area contributed by atoms with Gasteiger partial charge in [0.05, 0.1) is 54.3 Å². The van der Waals surface area contributed by atoms with Crippen molar-refractivity contribution < 1.29 is 41.0 Å². The van der Waals surface area contributed by atoms with Crippen molar-refractivity contribution in [1.82, 2.24) is 4.98 Å². The number of morpholine rings is 1. The van der Waals surface area contributed by atoms with Crippen LogP contribution in [0.3, 0.4) is 0 Å². The number of aryl methyl sites for hydroxylation is 1.